The Bertz CT molecular complexity index is 809. The van der Waals surface area contributed by atoms with E-state index in [2.05, 4.69) is 24.2 Å². The van der Waals surface area contributed by atoms with E-state index in [1.54, 1.807) is 28.6 Å². The molecule has 0 aliphatic carbocycles. The van der Waals surface area contributed by atoms with E-state index in [0.29, 0.717) is 9.20 Å². The van der Waals surface area contributed by atoms with Gasteiger partial charge in [-0.15, -0.1) is 5.10 Å². The van der Waals surface area contributed by atoms with Crippen molar-refractivity contribution >= 4 is 35.3 Å². The van der Waals surface area contributed by atoms with E-state index in [0.717, 1.165) is 10.0 Å². The van der Waals surface area contributed by atoms with Crippen molar-refractivity contribution in [2.24, 2.45) is 0 Å². The van der Waals surface area contributed by atoms with E-state index in [1.807, 2.05) is 18.2 Å². The fourth-order valence-corrected chi connectivity index (χ4v) is 4.63. The van der Waals surface area contributed by atoms with Crippen molar-refractivity contribution in [1.82, 2.24) is 9.78 Å². The van der Waals surface area contributed by atoms with Crippen LogP contribution in [0.25, 0.3) is 5.69 Å². The van der Waals surface area contributed by atoms with Crippen molar-refractivity contribution in [2.45, 2.75) is 16.5 Å². The van der Waals surface area contributed by atoms with Crippen LogP contribution >= 0.6 is 35.3 Å². The Balaban J connectivity index is 1.83. The van der Waals surface area contributed by atoms with Gasteiger partial charge in [-0.25, -0.2) is 9.07 Å². The lowest BCUT2D eigenvalue weighted by atomic mass is 10.2. The Morgan fingerprint density at radius 1 is 1.14 bits per heavy atom. The monoisotopic (exact) mass is 348 g/mol. The van der Waals surface area contributed by atoms with E-state index in [1.165, 1.54) is 29.0 Å². The van der Waals surface area contributed by atoms with Crippen LogP contribution in [0.5, 0.6) is 0 Å². The fourth-order valence-electron chi connectivity index (χ4n) is 2.00. The summed E-state index contributed by atoms with van der Waals surface area (Å²) in [7, 11) is 0. The van der Waals surface area contributed by atoms with E-state index in [9.17, 15) is 4.39 Å². The lowest BCUT2D eigenvalue weighted by Crippen LogP contribution is -1.96. The predicted molar refractivity (Wildman–Crippen MR) is 92.9 cm³/mol. The van der Waals surface area contributed by atoms with Crippen molar-refractivity contribution < 1.29 is 4.39 Å². The highest BCUT2D eigenvalue weighted by molar-refractivity contribution is 8.01. The standard InChI is InChI=1S/C16H13FN2S3/c1-11(12-5-3-2-4-6-12)21-15-18-19(16(20)22-15)14-9-7-13(17)8-10-14/h2-11H,1H3/t11-/m1/s1. The minimum Gasteiger partial charge on any atom is -0.211 e. The predicted octanol–water partition coefficient (Wildman–Crippen LogP) is 5.66. The normalized spacial score (nSPS) is 12.3. The molecule has 3 rings (SSSR count). The van der Waals surface area contributed by atoms with Crippen LogP contribution < -0.4 is 0 Å². The highest BCUT2D eigenvalue weighted by Gasteiger charge is 2.12. The number of halogens is 1. The molecular weight excluding hydrogens is 335 g/mol. The molecule has 2 aromatic carbocycles. The first-order chi connectivity index (χ1) is 10.6. The molecule has 1 heterocycles. The Morgan fingerprint density at radius 3 is 2.50 bits per heavy atom. The van der Waals surface area contributed by atoms with E-state index in [-0.39, 0.29) is 5.82 Å². The molecule has 0 spiro atoms. The van der Waals surface area contributed by atoms with Crippen LogP contribution in [-0.4, -0.2) is 9.78 Å². The number of hydrogen-bond donors (Lipinski definition) is 0. The van der Waals surface area contributed by atoms with Crippen LogP contribution in [-0.2, 0) is 0 Å². The van der Waals surface area contributed by atoms with Crippen LogP contribution in [0.3, 0.4) is 0 Å². The van der Waals surface area contributed by atoms with Crippen LogP contribution in [0.4, 0.5) is 4.39 Å². The first-order valence-electron chi connectivity index (χ1n) is 6.71. The quantitative estimate of drug-likeness (QED) is 0.448. The third-order valence-corrected chi connectivity index (χ3v) is 5.62. The minimum atomic E-state index is -0.266. The molecule has 0 N–H and O–H groups in total. The van der Waals surface area contributed by atoms with Gasteiger partial charge in [-0.1, -0.05) is 53.4 Å². The van der Waals surface area contributed by atoms with E-state index >= 15 is 0 Å². The first-order valence-corrected chi connectivity index (χ1v) is 8.81. The van der Waals surface area contributed by atoms with Crippen molar-refractivity contribution in [3.05, 3.63) is 69.9 Å². The second-order valence-corrected chi connectivity index (χ2v) is 7.90. The maximum Gasteiger partial charge on any atom is 0.184 e. The molecule has 0 saturated heterocycles. The van der Waals surface area contributed by atoms with Crippen LogP contribution in [0.2, 0.25) is 0 Å². The van der Waals surface area contributed by atoms with Crippen LogP contribution in [0, 0.1) is 9.77 Å². The summed E-state index contributed by atoms with van der Waals surface area (Å²) in [6.07, 6.45) is 0. The van der Waals surface area contributed by atoms with Crippen molar-refractivity contribution in [2.75, 3.05) is 0 Å². The second-order valence-electron chi connectivity index (χ2n) is 4.69. The van der Waals surface area contributed by atoms with Gasteiger partial charge in [0.05, 0.1) is 5.69 Å². The van der Waals surface area contributed by atoms with Gasteiger partial charge in [0.15, 0.2) is 8.29 Å². The van der Waals surface area contributed by atoms with Crippen molar-refractivity contribution in [1.29, 1.82) is 0 Å². The molecule has 3 aromatic rings. The first kappa shape index (κ1) is 15.4. The highest BCUT2D eigenvalue weighted by Crippen LogP contribution is 2.36. The molecule has 0 aliphatic heterocycles. The Morgan fingerprint density at radius 2 is 1.82 bits per heavy atom. The maximum absolute atomic E-state index is 13.0. The number of aromatic nitrogens is 2. The molecule has 1 atom stereocenters. The zero-order valence-corrected chi connectivity index (χ0v) is 14.2. The Hall–Kier alpha value is -1.50. The molecule has 6 heteroatoms. The molecule has 0 bridgehead atoms. The summed E-state index contributed by atoms with van der Waals surface area (Å²) < 4.78 is 16.3. The third-order valence-electron chi connectivity index (χ3n) is 3.15. The van der Waals surface area contributed by atoms with Gasteiger partial charge in [0.1, 0.15) is 5.82 Å². The van der Waals surface area contributed by atoms with Gasteiger partial charge in [0.2, 0.25) is 0 Å². The highest BCUT2D eigenvalue weighted by atomic mass is 32.2. The number of benzene rings is 2. The number of rotatable bonds is 4. The summed E-state index contributed by atoms with van der Waals surface area (Å²) in [6.45, 7) is 2.15. The average Bonchev–Trinajstić information content (AvgIpc) is 2.89. The van der Waals surface area contributed by atoms with E-state index < -0.39 is 0 Å². The average molecular weight is 348 g/mol. The molecule has 22 heavy (non-hydrogen) atoms. The zero-order valence-electron chi connectivity index (χ0n) is 11.8. The van der Waals surface area contributed by atoms with Gasteiger partial charge >= 0.3 is 0 Å². The van der Waals surface area contributed by atoms with Gasteiger partial charge in [-0.3, -0.25) is 0 Å². The SMILES string of the molecule is C[C@@H](Sc1nn(-c2ccc(F)cc2)c(=S)s1)c1ccccc1. The van der Waals surface area contributed by atoms with Gasteiger partial charge in [0.25, 0.3) is 0 Å². The maximum atomic E-state index is 13.0. The summed E-state index contributed by atoms with van der Waals surface area (Å²) in [5.41, 5.74) is 2.03. The van der Waals surface area contributed by atoms with Gasteiger partial charge < -0.3 is 0 Å². The lowest BCUT2D eigenvalue weighted by molar-refractivity contribution is 0.627. The summed E-state index contributed by atoms with van der Waals surface area (Å²) in [6, 6.07) is 16.5. The number of nitrogens with zero attached hydrogens (tertiary/aromatic N) is 2. The summed E-state index contributed by atoms with van der Waals surface area (Å²) in [5, 5.41) is 4.84. The summed E-state index contributed by atoms with van der Waals surface area (Å²) in [4.78, 5) is 0. The number of thioether (sulfide) groups is 1. The molecule has 0 aliphatic rings. The molecule has 1 aromatic heterocycles. The lowest BCUT2D eigenvalue weighted by Gasteiger charge is -2.08. The minimum absolute atomic E-state index is 0.266. The molecule has 0 fully saturated rings. The van der Waals surface area contributed by atoms with Gasteiger partial charge in [0, 0.05) is 5.25 Å². The number of hydrogen-bond acceptors (Lipinski definition) is 4. The summed E-state index contributed by atoms with van der Waals surface area (Å²) >= 11 is 8.52. The molecule has 0 unspecified atom stereocenters. The van der Waals surface area contributed by atoms with E-state index in [4.69, 9.17) is 12.2 Å². The van der Waals surface area contributed by atoms with Gasteiger partial charge in [-0.2, -0.15) is 0 Å². The van der Waals surface area contributed by atoms with Crippen LogP contribution in [0.15, 0.2) is 58.9 Å². The molecular formula is C16H13FN2S3. The fraction of sp³-hybridized carbons (Fsp3) is 0.125. The zero-order chi connectivity index (χ0) is 15.5. The Labute approximate surface area is 141 Å². The van der Waals surface area contributed by atoms with Gasteiger partial charge in [-0.05, 0) is 49.0 Å². The van der Waals surface area contributed by atoms with Crippen LogP contribution in [0.1, 0.15) is 17.7 Å². The Kier molecular flexibility index (Phi) is 4.71. The molecule has 2 nitrogen and oxygen atoms in total. The summed E-state index contributed by atoms with van der Waals surface area (Å²) in [5.74, 6) is -0.266. The van der Waals surface area contributed by atoms with Crippen molar-refractivity contribution in [3.8, 4) is 5.69 Å². The second kappa shape index (κ2) is 6.73. The smallest absolute Gasteiger partial charge is 0.184 e. The topological polar surface area (TPSA) is 17.8 Å². The third kappa shape index (κ3) is 3.45. The molecule has 0 radical (unpaired) electrons. The molecule has 0 amide bonds. The molecule has 0 saturated carbocycles. The van der Waals surface area contributed by atoms with Crippen molar-refractivity contribution in [3.63, 3.8) is 0 Å². The largest absolute Gasteiger partial charge is 0.211 e. The molecule has 112 valence electrons.